The number of halogens is 2. The molecule has 2 aromatic rings. The van der Waals surface area contributed by atoms with Gasteiger partial charge >= 0.3 is 0 Å². The Bertz CT molecular complexity index is 614. The molecule has 0 aliphatic heterocycles. The lowest BCUT2D eigenvalue weighted by Crippen LogP contribution is -2.19. The van der Waals surface area contributed by atoms with Gasteiger partial charge in [0, 0.05) is 32.9 Å². The highest BCUT2D eigenvalue weighted by Crippen LogP contribution is 2.27. The first-order valence-corrected chi connectivity index (χ1v) is 7.91. The van der Waals surface area contributed by atoms with Crippen LogP contribution in [0.15, 0.2) is 18.2 Å². The molecule has 0 spiro atoms. The van der Waals surface area contributed by atoms with Crippen molar-refractivity contribution in [3.05, 3.63) is 50.8 Å². The second-order valence-electron chi connectivity index (χ2n) is 5.22. The lowest BCUT2D eigenvalue weighted by molar-refractivity contribution is 0.589. The molecule has 1 aromatic heterocycles. The monoisotopic (exact) mass is 325 g/mol. The highest BCUT2D eigenvalue weighted by Gasteiger charge is 2.18. The Morgan fingerprint density at radius 3 is 2.43 bits per heavy atom. The largest absolute Gasteiger partial charge is 0.310 e. The van der Waals surface area contributed by atoms with Crippen LogP contribution in [0.25, 0.3) is 0 Å². The van der Waals surface area contributed by atoms with Gasteiger partial charge in [0.05, 0.1) is 12.2 Å². The van der Waals surface area contributed by atoms with Crippen LogP contribution in [0.4, 0.5) is 0 Å². The summed E-state index contributed by atoms with van der Waals surface area (Å²) in [5.41, 5.74) is 4.36. The Morgan fingerprint density at radius 2 is 1.86 bits per heavy atom. The maximum atomic E-state index is 6.25. The van der Waals surface area contributed by atoms with Crippen LogP contribution in [-0.4, -0.2) is 16.3 Å². The molecule has 1 aromatic carbocycles. The van der Waals surface area contributed by atoms with E-state index in [-0.39, 0.29) is 6.04 Å². The standard InChI is InChI=1S/C16H21Cl2N3/c1-5-19-10(2)16-11(3)20-21(12(16)4)9-13-14(17)7-6-8-15(13)18/h6-8,10,19H,5,9H2,1-4H3. The van der Waals surface area contributed by atoms with Crippen molar-refractivity contribution in [2.24, 2.45) is 0 Å². The Labute approximate surface area is 136 Å². The van der Waals surface area contributed by atoms with E-state index in [1.165, 1.54) is 5.56 Å². The summed E-state index contributed by atoms with van der Waals surface area (Å²) in [7, 11) is 0. The van der Waals surface area contributed by atoms with Gasteiger partial charge in [-0.25, -0.2) is 0 Å². The topological polar surface area (TPSA) is 29.9 Å². The molecular formula is C16H21Cl2N3. The van der Waals surface area contributed by atoms with E-state index in [4.69, 9.17) is 23.2 Å². The lowest BCUT2D eigenvalue weighted by atomic mass is 10.1. The predicted octanol–water partition coefficient (Wildman–Crippen LogP) is 4.53. The van der Waals surface area contributed by atoms with Crippen LogP contribution < -0.4 is 5.32 Å². The summed E-state index contributed by atoms with van der Waals surface area (Å²) in [6.45, 7) is 9.92. The van der Waals surface area contributed by atoms with Crippen molar-refractivity contribution in [3.63, 3.8) is 0 Å². The molecule has 0 saturated carbocycles. The minimum absolute atomic E-state index is 0.283. The molecular weight excluding hydrogens is 305 g/mol. The smallest absolute Gasteiger partial charge is 0.0692 e. The van der Waals surface area contributed by atoms with Gasteiger partial charge in [0.1, 0.15) is 0 Å². The van der Waals surface area contributed by atoms with Gasteiger partial charge in [0.25, 0.3) is 0 Å². The van der Waals surface area contributed by atoms with E-state index in [0.717, 1.165) is 23.5 Å². The molecule has 0 amide bonds. The summed E-state index contributed by atoms with van der Waals surface area (Å²) >= 11 is 12.5. The van der Waals surface area contributed by atoms with Gasteiger partial charge < -0.3 is 5.32 Å². The van der Waals surface area contributed by atoms with Gasteiger partial charge in [-0.05, 0) is 39.4 Å². The average Bonchev–Trinajstić information content (AvgIpc) is 2.69. The van der Waals surface area contributed by atoms with E-state index < -0.39 is 0 Å². The number of aryl methyl sites for hydroxylation is 1. The third-order valence-corrected chi connectivity index (χ3v) is 4.46. The fraction of sp³-hybridized carbons (Fsp3) is 0.438. The molecule has 1 heterocycles. The van der Waals surface area contributed by atoms with E-state index in [1.807, 2.05) is 29.8 Å². The van der Waals surface area contributed by atoms with Crippen LogP contribution in [0.5, 0.6) is 0 Å². The van der Waals surface area contributed by atoms with Gasteiger partial charge in [-0.1, -0.05) is 36.2 Å². The first-order valence-electron chi connectivity index (χ1n) is 7.15. The lowest BCUT2D eigenvalue weighted by Gasteiger charge is -2.14. The second-order valence-corrected chi connectivity index (χ2v) is 6.04. The summed E-state index contributed by atoms with van der Waals surface area (Å²) < 4.78 is 1.98. The molecule has 0 bridgehead atoms. The number of benzene rings is 1. The maximum Gasteiger partial charge on any atom is 0.0692 e. The van der Waals surface area contributed by atoms with Gasteiger partial charge in [-0.15, -0.1) is 0 Å². The zero-order chi connectivity index (χ0) is 15.6. The summed E-state index contributed by atoms with van der Waals surface area (Å²) in [5.74, 6) is 0. The summed E-state index contributed by atoms with van der Waals surface area (Å²) in [6.07, 6.45) is 0. The van der Waals surface area contributed by atoms with Crippen molar-refractivity contribution < 1.29 is 0 Å². The fourth-order valence-corrected chi connectivity index (χ4v) is 3.25. The molecule has 1 N–H and O–H groups in total. The van der Waals surface area contributed by atoms with Crippen molar-refractivity contribution in [1.29, 1.82) is 0 Å². The molecule has 0 aliphatic carbocycles. The normalized spacial score (nSPS) is 12.7. The third kappa shape index (κ3) is 3.42. The third-order valence-electron chi connectivity index (χ3n) is 3.75. The molecule has 0 saturated heterocycles. The summed E-state index contributed by atoms with van der Waals surface area (Å²) in [4.78, 5) is 0. The zero-order valence-corrected chi connectivity index (χ0v) is 14.4. The zero-order valence-electron chi connectivity index (χ0n) is 12.9. The molecule has 0 aliphatic rings. The molecule has 2 rings (SSSR count). The molecule has 1 atom stereocenters. The fourth-order valence-electron chi connectivity index (χ4n) is 2.73. The number of rotatable bonds is 5. The molecule has 0 radical (unpaired) electrons. The average molecular weight is 326 g/mol. The summed E-state index contributed by atoms with van der Waals surface area (Å²) in [6, 6.07) is 5.85. The number of aromatic nitrogens is 2. The van der Waals surface area contributed by atoms with Crippen molar-refractivity contribution >= 4 is 23.2 Å². The van der Waals surface area contributed by atoms with Gasteiger partial charge in [0.2, 0.25) is 0 Å². The van der Waals surface area contributed by atoms with Crippen molar-refractivity contribution in [2.75, 3.05) is 6.54 Å². The molecule has 5 heteroatoms. The van der Waals surface area contributed by atoms with Crippen LogP contribution in [0.3, 0.4) is 0 Å². The van der Waals surface area contributed by atoms with Crippen LogP contribution in [-0.2, 0) is 6.54 Å². The van der Waals surface area contributed by atoms with E-state index in [1.54, 1.807) is 0 Å². The predicted molar refractivity (Wildman–Crippen MR) is 89.4 cm³/mol. The van der Waals surface area contributed by atoms with E-state index in [9.17, 15) is 0 Å². The van der Waals surface area contributed by atoms with Crippen LogP contribution in [0.1, 0.15) is 42.4 Å². The molecule has 3 nitrogen and oxygen atoms in total. The van der Waals surface area contributed by atoms with E-state index in [0.29, 0.717) is 16.6 Å². The number of hydrogen-bond donors (Lipinski definition) is 1. The number of nitrogens with one attached hydrogen (secondary N) is 1. The van der Waals surface area contributed by atoms with Crippen molar-refractivity contribution in [3.8, 4) is 0 Å². The minimum atomic E-state index is 0.283. The molecule has 1 unspecified atom stereocenters. The Morgan fingerprint density at radius 1 is 1.24 bits per heavy atom. The Hall–Kier alpha value is -1.03. The van der Waals surface area contributed by atoms with Gasteiger partial charge in [-0.3, -0.25) is 4.68 Å². The minimum Gasteiger partial charge on any atom is -0.310 e. The number of hydrogen-bond acceptors (Lipinski definition) is 2. The number of nitrogens with zero attached hydrogens (tertiary/aromatic N) is 2. The first-order chi connectivity index (χ1) is 9.95. The molecule has 114 valence electrons. The SMILES string of the molecule is CCNC(C)c1c(C)nn(Cc2c(Cl)cccc2Cl)c1C. The molecule has 21 heavy (non-hydrogen) atoms. The first kappa shape index (κ1) is 16.3. The maximum absolute atomic E-state index is 6.25. The quantitative estimate of drug-likeness (QED) is 0.875. The van der Waals surface area contributed by atoms with Crippen molar-refractivity contribution in [1.82, 2.24) is 15.1 Å². The van der Waals surface area contributed by atoms with Crippen molar-refractivity contribution in [2.45, 2.75) is 40.3 Å². The highest BCUT2D eigenvalue weighted by molar-refractivity contribution is 6.35. The van der Waals surface area contributed by atoms with Gasteiger partial charge in [0.15, 0.2) is 0 Å². The second kappa shape index (κ2) is 6.82. The Kier molecular flexibility index (Phi) is 5.31. The van der Waals surface area contributed by atoms with Crippen LogP contribution in [0.2, 0.25) is 10.0 Å². The Balaban J connectivity index is 2.36. The summed E-state index contributed by atoms with van der Waals surface area (Å²) in [5, 5.41) is 9.44. The van der Waals surface area contributed by atoms with E-state index in [2.05, 4.69) is 31.2 Å². The van der Waals surface area contributed by atoms with Gasteiger partial charge in [-0.2, -0.15) is 5.10 Å². The highest BCUT2D eigenvalue weighted by atomic mass is 35.5. The van der Waals surface area contributed by atoms with Crippen LogP contribution in [0, 0.1) is 13.8 Å². The van der Waals surface area contributed by atoms with Crippen LogP contribution >= 0.6 is 23.2 Å². The van der Waals surface area contributed by atoms with E-state index >= 15 is 0 Å². The molecule has 0 fully saturated rings.